The maximum Gasteiger partial charge on any atom is 0.354 e. The van der Waals surface area contributed by atoms with Crippen LogP contribution in [0.2, 0.25) is 0 Å². The zero-order chi connectivity index (χ0) is 13.4. The van der Waals surface area contributed by atoms with Gasteiger partial charge >= 0.3 is 5.97 Å². The molecule has 1 aliphatic rings. The summed E-state index contributed by atoms with van der Waals surface area (Å²) in [6, 6.07) is 9.55. The molecular formula is C15H13NO3. The lowest BCUT2D eigenvalue weighted by molar-refractivity contribution is 0.0593. The fourth-order valence-electron chi connectivity index (χ4n) is 2.56. The molecule has 0 atom stereocenters. The van der Waals surface area contributed by atoms with Crippen molar-refractivity contribution >= 4 is 11.8 Å². The standard InChI is InChI=1S/C15H13NO3/c1-19-15(18)14-10-7-8-11(17)12(10)13(16-14)9-5-3-2-4-6-9/h2-6,16H,7-8H2,1H3. The number of esters is 1. The molecule has 1 heterocycles. The van der Waals surface area contributed by atoms with E-state index in [1.165, 1.54) is 7.11 Å². The fourth-order valence-corrected chi connectivity index (χ4v) is 2.56. The zero-order valence-corrected chi connectivity index (χ0v) is 10.5. The molecule has 96 valence electrons. The van der Waals surface area contributed by atoms with Crippen LogP contribution in [0.1, 0.15) is 32.8 Å². The number of rotatable bonds is 2. The molecule has 0 aliphatic heterocycles. The van der Waals surface area contributed by atoms with Crippen LogP contribution >= 0.6 is 0 Å². The summed E-state index contributed by atoms with van der Waals surface area (Å²) in [7, 11) is 1.34. The molecule has 0 spiro atoms. The smallest absolute Gasteiger partial charge is 0.354 e. The van der Waals surface area contributed by atoms with Crippen LogP contribution in [0.25, 0.3) is 11.3 Å². The van der Waals surface area contributed by atoms with E-state index in [2.05, 4.69) is 4.98 Å². The van der Waals surface area contributed by atoms with Crippen LogP contribution in [0.15, 0.2) is 30.3 Å². The predicted molar refractivity (Wildman–Crippen MR) is 70.2 cm³/mol. The number of hydrogen-bond acceptors (Lipinski definition) is 3. The minimum absolute atomic E-state index is 0.0836. The van der Waals surface area contributed by atoms with E-state index in [4.69, 9.17) is 4.74 Å². The van der Waals surface area contributed by atoms with Gasteiger partial charge in [-0.3, -0.25) is 4.79 Å². The Morgan fingerprint density at radius 1 is 1.21 bits per heavy atom. The molecule has 1 aromatic carbocycles. The van der Waals surface area contributed by atoms with E-state index in [1.807, 2.05) is 30.3 Å². The van der Waals surface area contributed by atoms with E-state index in [1.54, 1.807) is 0 Å². The third-order valence-corrected chi connectivity index (χ3v) is 3.44. The Morgan fingerprint density at radius 2 is 1.95 bits per heavy atom. The molecular weight excluding hydrogens is 242 g/mol. The minimum Gasteiger partial charge on any atom is -0.464 e. The molecule has 4 heteroatoms. The molecule has 0 fully saturated rings. The third-order valence-electron chi connectivity index (χ3n) is 3.44. The number of fused-ring (bicyclic) bond motifs is 1. The van der Waals surface area contributed by atoms with Gasteiger partial charge in [-0.15, -0.1) is 0 Å². The van der Waals surface area contributed by atoms with Gasteiger partial charge in [0.2, 0.25) is 0 Å². The number of Topliss-reactive ketones (excluding diaryl/α,β-unsaturated/α-hetero) is 1. The van der Waals surface area contributed by atoms with Crippen molar-refractivity contribution in [2.75, 3.05) is 7.11 Å². The monoisotopic (exact) mass is 255 g/mol. The van der Waals surface area contributed by atoms with Crippen LogP contribution in [0.3, 0.4) is 0 Å². The molecule has 0 amide bonds. The fraction of sp³-hybridized carbons (Fsp3) is 0.200. The van der Waals surface area contributed by atoms with Crippen molar-refractivity contribution in [3.05, 3.63) is 47.2 Å². The number of aromatic nitrogens is 1. The summed E-state index contributed by atoms with van der Waals surface area (Å²) >= 11 is 0. The van der Waals surface area contributed by atoms with Gasteiger partial charge in [-0.05, 0) is 17.5 Å². The average molecular weight is 255 g/mol. The van der Waals surface area contributed by atoms with E-state index in [-0.39, 0.29) is 5.78 Å². The van der Waals surface area contributed by atoms with E-state index in [0.717, 1.165) is 16.8 Å². The molecule has 1 aliphatic carbocycles. The van der Waals surface area contributed by atoms with Gasteiger partial charge in [0.15, 0.2) is 5.78 Å². The number of ketones is 1. The van der Waals surface area contributed by atoms with Gasteiger partial charge in [0.25, 0.3) is 0 Å². The second kappa shape index (κ2) is 4.39. The molecule has 0 bridgehead atoms. The van der Waals surface area contributed by atoms with Crippen molar-refractivity contribution in [2.45, 2.75) is 12.8 Å². The number of hydrogen-bond donors (Lipinski definition) is 1. The van der Waals surface area contributed by atoms with Crippen LogP contribution < -0.4 is 0 Å². The Kier molecular flexibility index (Phi) is 2.71. The van der Waals surface area contributed by atoms with Crippen molar-refractivity contribution in [2.24, 2.45) is 0 Å². The summed E-state index contributed by atoms with van der Waals surface area (Å²) in [4.78, 5) is 26.8. The highest BCUT2D eigenvalue weighted by molar-refractivity contribution is 6.09. The van der Waals surface area contributed by atoms with Crippen molar-refractivity contribution in [3.8, 4) is 11.3 Å². The second-order valence-corrected chi connectivity index (χ2v) is 4.51. The predicted octanol–water partition coefficient (Wildman–Crippen LogP) is 2.60. The first-order valence-corrected chi connectivity index (χ1v) is 6.14. The van der Waals surface area contributed by atoms with Crippen LogP contribution in [0.4, 0.5) is 0 Å². The van der Waals surface area contributed by atoms with Gasteiger partial charge in [-0.25, -0.2) is 4.79 Å². The summed E-state index contributed by atoms with van der Waals surface area (Å²) in [5.74, 6) is -0.339. The van der Waals surface area contributed by atoms with Crippen molar-refractivity contribution in [3.63, 3.8) is 0 Å². The summed E-state index contributed by atoms with van der Waals surface area (Å²) in [5, 5.41) is 0. The van der Waals surface area contributed by atoms with Gasteiger partial charge in [0.1, 0.15) is 5.69 Å². The number of benzene rings is 1. The van der Waals surface area contributed by atoms with Crippen molar-refractivity contribution in [1.29, 1.82) is 0 Å². The number of ether oxygens (including phenoxy) is 1. The van der Waals surface area contributed by atoms with Crippen LogP contribution in [-0.2, 0) is 11.2 Å². The first kappa shape index (κ1) is 11.7. The van der Waals surface area contributed by atoms with Crippen molar-refractivity contribution < 1.29 is 14.3 Å². The molecule has 4 nitrogen and oxygen atoms in total. The molecule has 1 aromatic heterocycles. The minimum atomic E-state index is -0.423. The molecule has 19 heavy (non-hydrogen) atoms. The lowest BCUT2D eigenvalue weighted by atomic mass is 10.1. The Morgan fingerprint density at radius 3 is 2.63 bits per heavy atom. The maximum absolute atomic E-state index is 12.0. The SMILES string of the molecule is COC(=O)c1[nH]c(-c2ccccc2)c2c1CCC2=O. The van der Waals surface area contributed by atoms with Crippen LogP contribution in [0.5, 0.6) is 0 Å². The van der Waals surface area contributed by atoms with Gasteiger partial charge in [-0.1, -0.05) is 30.3 Å². The number of carbonyl (C=O) groups is 2. The number of H-pyrrole nitrogens is 1. The summed E-state index contributed by atoms with van der Waals surface area (Å²) in [6.45, 7) is 0. The van der Waals surface area contributed by atoms with Gasteiger partial charge in [0.05, 0.1) is 12.8 Å². The summed E-state index contributed by atoms with van der Waals surface area (Å²) < 4.78 is 4.76. The quantitative estimate of drug-likeness (QED) is 0.839. The van der Waals surface area contributed by atoms with E-state index in [0.29, 0.717) is 24.1 Å². The van der Waals surface area contributed by atoms with E-state index < -0.39 is 5.97 Å². The van der Waals surface area contributed by atoms with Crippen LogP contribution in [0, 0.1) is 0 Å². The first-order chi connectivity index (χ1) is 9.22. The Bertz CT molecular complexity index is 656. The normalized spacial score (nSPS) is 13.4. The number of aromatic amines is 1. The van der Waals surface area contributed by atoms with E-state index >= 15 is 0 Å². The highest BCUT2D eigenvalue weighted by Crippen LogP contribution is 2.34. The Hall–Kier alpha value is -2.36. The zero-order valence-electron chi connectivity index (χ0n) is 10.5. The van der Waals surface area contributed by atoms with Gasteiger partial charge in [-0.2, -0.15) is 0 Å². The first-order valence-electron chi connectivity index (χ1n) is 6.14. The van der Waals surface area contributed by atoms with Crippen LogP contribution in [-0.4, -0.2) is 23.8 Å². The molecule has 0 unspecified atom stereocenters. The Balaban J connectivity index is 2.21. The number of nitrogens with one attached hydrogen (secondary N) is 1. The molecule has 2 aromatic rings. The molecule has 0 radical (unpaired) electrons. The topological polar surface area (TPSA) is 59.2 Å². The average Bonchev–Trinajstić information content (AvgIpc) is 3.00. The highest BCUT2D eigenvalue weighted by atomic mass is 16.5. The molecule has 0 saturated carbocycles. The molecule has 3 rings (SSSR count). The third kappa shape index (κ3) is 1.76. The second-order valence-electron chi connectivity index (χ2n) is 4.51. The molecule has 1 N–H and O–H groups in total. The number of methoxy groups -OCH3 is 1. The number of carbonyl (C=O) groups excluding carboxylic acids is 2. The summed E-state index contributed by atoms with van der Waals surface area (Å²) in [5.41, 5.74) is 3.46. The highest BCUT2D eigenvalue weighted by Gasteiger charge is 2.31. The lowest BCUT2D eigenvalue weighted by Gasteiger charge is -2.01. The van der Waals surface area contributed by atoms with Gasteiger partial charge < -0.3 is 9.72 Å². The Labute approximate surface area is 110 Å². The van der Waals surface area contributed by atoms with Gasteiger partial charge in [0, 0.05) is 12.0 Å². The lowest BCUT2D eigenvalue weighted by Crippen LogP contribution is -2.04. The molecule has 0 saturated heterocycles. The van der Waals surface area contributed by atoms with E-state index in [9.17, 15) is 9.59 Å². The summed E-state index contributed by atoms with van der Waals surface area (Å²) in [6.07, 6.45) is 1.06. The van der Waals surface area contributed by atoms with Crippen molar-refractivity contribution in [1.82, 2.24) is 4.98 Å². The maximum atomic E-state index is 12.0. The largest absolute Gasteiger partial charge is 0.464 e.